The standard InChI is InChI=1S/C62H117N2O6P/c1-6-8-10-12-14-16-18-20-22-24-26-28-30-31-32-33-34-36-38-40-42-44-46-48-50-52-54-56-62(66)63-60(59-70-71(67,68)69-58-57-64(3,4)5)61(65)55-53-51-49-47-45-43-41-39-37-35-29-27-25-23-21-19-17-15-13-11-9-7-2/h18,20,24,26,37,39,45,47,53,55,60-61,65H,6-17,19,21-23,25,27-36,38,40-44,46,48-52,54,56-59H2,1-5H3,(H-,63,66,67,68)/b20-18-,26-24-,39-37+,47-45+,55-53+. The highest BCUT2D eigenvalue weighted by atomic mass is 31.2. The molecule has 416 valence electrons. The van der Waals surface area contributed by atoms with Crippen LogP contribution in [0.25, 0.3) is 0 Å². The summed E-state index contributed by atoms with van der Waals surface area (Å²) in [5.41, 5.74) is 0. The number of aliphatic hydroxyl groups is 1. The molecule has 3 unspecified atom stereocenters. The highest BCUT2D eigenvalue weighted by molar-refractivity contribution is 7.45. The first kappa shape index (κ1) is 69.2. The third-order valence-corrected chi connectivity index (χ3v) is 14.4. The van der Waals surface area contributed by atoms with Gasteiger partial charge in [0.15, 0.2) is 0 Å². The van der Waals surface area contributed by atoms with Gasteiger partial charge in [-0.3, -0.25) is 9.36 Å². The molecule has 2 N–H and O–H groups in total. The van der Waals surface area contributed by atoms with Crippen LogP contribution in [0.1, 0.15) is 277 Å². The second-order valence-corrected chi connectivity index (χ2v) is 23.1. The van der Waals surface area contributed by atoms with Crippen molar-refractivity contribution in [3.05, 3.63) is 60.8 Å². The van der Waals surface area contributed by atoms with E-state index in [1.807, 2.05) is 27.2 Å². The maximum absolute atomic E-state index is 13.0. The number of unbranched alkanes of at least 4 members (excludes halogenated alkanes) is 34. The van der Waals surface area contributed by atoms with Crippen molar-refractivity contribution in [2.45, 2.75) is 289 Å². The minimum absolute atomic E-state index is 0.00985. The number of aliphatic hydroxyl groups excluding tert-OH is 1. The number of nitrogens with one attached hydrogen (secondary N) is 1. The summed E-state index contributed by atoms with van der Waals surface area (Å²) >= 11 is 0. The van der Waals surface area contributed by atoms with Gasteiger partial charge in [-0.05, 0) is 77.0 Å². The zero-order valence-electron chi connectivity index (χ0n) is 47.4. The van der Waals surface area contributed by atoms with Crippen molar-refractivity contribution >= 4 is 13.7 Å². The summed E-state index contributed by atoms with van der Waals surface area (Å²) in [5, 5.41) is 13.9. The molecule has 0 aromatic heterocycles. The number of phosphoric acid groups is 1. The second kappa shape index (κ2) is 53.0. The van der Waals surface area contributed by atoms with Crippen LogP contribution < -0.4 is 10.2 Å². The molecule has 3 atom stereocenters. The summed E-state index contributed by atoms with van der Waals surface area (Å²) in [5.74, 6) is -0.210. The molecule has 0 saturated heterocycles. The Morgan fingerprint density at radius 1 is 0.493 bits per heavy atom. The smallest absolute Gasteiger partial charge is 0.268 e. The highest BCUT2D eigenvalue weighted by Gasteiger charge is 2.23. The van der Waals surface area contributed by atoms with Crippen LogP contribution in [0.4, 0.5) is 0 Å². The molecule has 0 aliphatic carbocycles. The van der Waals surface area contributed by atoms with E-state index in [1.54, 1.807) is 6.08 Å². The average molecular weight is 1020 g/mol. The maximum atomic E-state index is 13.0. The second-order valence-electron chi connectivity index (χ2n) is 21.7. The summed E-state index contributed by atoms with van der Waals surface area (Å²) in [7, 11) is 1.24. The van der Waals surface area contributed by atoms with E-state index in [-0.39, 0.29) is 12.5 Å². The molecule has 0 spiro atoms. The monoisotopic (exact) mass is 1020 g/mol. The molecule has 0 radical (unpaired) electrons. The van der Waals surface area contributed by atoms with Crippen LogP contribution in [-0.4, -0.2) is 68.5 Å². The summed E-state index contributed by atoms with van der Waals surface area (Å²) in [6, 6.07) is -0.912. The Balaban J connectivity index is 4.23. The number of likely N-dealkylation sites (N-methyl/N-ethyl adjacent to an activating group) is 1. The van der Waals surface area contributed by atoms with Crippen molar-refractivity contribution in [2.24, 2.45) is 0 Å². The van der Waals surface area contributed by atoms with Gasteiger partial charge in [0.1, 0.15) is 13.2 Å². The minimum Gasteiger partial charge on any atom is -0.756 e. The Hall–Kier alpha value is -1.80. The third kappa shape index (κ3) is 55.8. The molecule has 8 nitrogen and oxygen atoms in total. The Morgan fingerprint density at radius 3 is 1.23 bits per heavy atom. The first-order chi connectivity index (χ1) is 34.5. The van der Waals surface area contributed by atoms with Crippen LogP contribution >= 0.6 is 7.82 Å². The van der Waals surface area contributed by atoms with Gasteiger partial charge in [0.05, 0.1) is 39.9 Å². The van der Waals surface area contributed by atoms with E-state index in [2.05, 4.69) is 67.8 Å². The number of rotatable bonds is 55. The zero-order chi connectivity index (χ0) is 52.0. The van der Waals surface area contributed by atoms with Crippen molar-refractivity contribution < 1.29 is 32.9 Å². The fourth-order valence-electron chi connectivity index (χ4n) is 8.69. The number of carbonyl (C=O) groups excluding carboxylic acids is 1. The highest BCUT2D eigenvalue weighted by Crippen LogP contribution is 2.38. The predicted octanol–water partition coefficient (Wildman–Crippen LogP) is 17.9. The average Bonchev–Trinajstić information content (AvgIpc) is 3.33. The van der Waals surface area contributed by atoms with Gasteiger partial charge >= 0.3 is 0 Å². The SMILES string of the molecule is CCCCCCC/C=C\C/C=C\CCCCCCCCCCCCCCCCCC(=O)NC(COP(=O)([O-])OCC[N+](C)(C)C)C(O)/C=C/CC/C=C/CC/C=C/CCCCCCCCCCCCCC. The van der Waals surface area contributed by atoms with Crippen molar-refractivity contribution in [2.75, 3.05) is 40.9 Å². The van der Waals surface area contributed by atoms with Crippen LogP contribution in [0.15, 0.2) is 60.8 Å². The lowest BCUT2D eigenvalue weighted by Gasteiger charge is -2.29. The van der Waals surface area contributed by atoms with Crippen LogP contribution in [0.2, 0.25) is 0 Å². The first-order valence-electron chi connectivity index (χ1n) is 30.2. The lowest BCUT2D eigenvalue weighted by Crippen LogP contribution is -2.45. The Kier molecular flexibility index (Phi) is 51.7. The minimum atomic E-state index is -4.61. The van der Waals surface area contributed by atoms with Gasteiger partial charge in [0.25, 0.3) is 7.82 Å². The van der Waals surface area contributed by atoms with Crippen molar-refractivity contribution in [1.29, 1.82) is 0 Å². The third-order valence-electron chi connectivity index (χ3n) is 13.4. The number of hydrogen-bond donors (Lipinski definition) is 2. The number of allylic oxidation sites excluding steroid dienone is 9. The quantitative estimate of drug-likeness (QED) is 0.0272. The Bertz CT molecular complexity index is 1340. The molecule has 0 heterocycles. The number of phosphoric ester groups is 1. The summed E-state index contributed by atoms with van der Waals surface area (Å²) in [6.45, 7) is 4.63. The van der Waals surface area contributed by atoms with E-state index >= 15 is 0 Å². The molecule has 71 heavy (non-hydrogen) atoms. The van der Waals surface area contributed by atoms with Crippen LogP contribution in [0.3, 0.4) is 0 Å². The van der Waals surface area contributed by atoms with Crippen molar-refractivity contribution in [1.82, 2.24) is 5.32 Å². The maximum Gasteiger partial charge on any atom is 0.268 e. The molecule has 9 heteroatoms. The Labute approximate surface area is 441 Å². The fraction of sp³-hybridized carbons (Fsp3) is 0.823. The summed E-state index contributed by atoms with van der Waals surface area (Å²) in [4.78, 5) is 25.5. The molecule has 0 aromatic carbocycles. The number of amides is 1. The molecular formula is C62H117N2O6P. The van der Waals surface area contributed by atoms with Gasteiger partial charge in [0, 0.05) is 6.42 Å². The number of carbonyl (C=O) groups is 1. The van der Waals surface area contributed by atoms with E-state index < -0.39 is 26.6 Å². The number of quaternary nitrogens is 1. The Morgan fingerprint density at radius 2 is 0.831 bits per heavy atom. The van der Waals surface area contributed by atoms with Crippen molar-refractivity contribution in [3.8, 4) is 0 Å². The van der Waals surface area contributed by atoms with E-state index in [9.17, 15) is 19.4 Å². The molecule has 0 rings (SSSR count). The first-order valence-corrected chi connectivity index (χ1v) is 31.6. The van der Waals surface area contributed by atoms with Crippen LogP contribution in [-0.2, 0) is 18.4 Å². The number of nitrogens with zero attached hydrogens (tertiary/aromatic N) is 1. The van der Waals surface area contributed by atoms with Gasteiger partial charge < -0.3 is 28.8 Å². The molecule has 0 saturated carbocycles. The van der Waals surface area contributed by atoms with E-state index in [0.717, 1.165) is 51.4 Å². The zero-order valence-corrected chi connectivity index (χ0v) is 48.3. The van der Waals surface area contributed by atoms with E-state index in [4.69, 9.17) is 9.05 Å². The van der Waals surface area contributed by atoms with Gasteiger partial charge in [-0.25, -0.2) is 0 Å². The predicted molar refractivity (Wildman–Crippen MR) is 307 cm³/mol. The van der Waals surface area contributed by atoms with Crippen LogP contribution in [0.5, 0.6) is 0 Å². The van der Waals surface area contributed by atoms with Gasteiger partial charge in [-0.15, -0.1) is 0 Å². The normalized spacial score (nSPS) is 14.3. The largest absolute Gasteiger partial charge is 0.756 e. The molecular weight excluding hydrogens is 900 g/mol. The molecule has 0 aliphatic rings. The molecule has 1 amide bonds. The van der Waals surface area contributed by atoms with E-state index in [0.29, 0.717) is 17.4 Å². The summed E-state index contributed by atoms with van der Waals surface area (Å²) < 4.78 is 23.3. The summed E-state index contributed by atoms with van der Waals surface area (Å²) in [6.07, 6.45) is 71.6. The topological polar surface area (TPSA) is 108 Å². The van der Waals surface area contributed by atoms with Crippen LogP contribution in [0, 0.1) is 0 Å². The molecule has 0 bridgehead atoms. The van der Waals surface area contributed by atoms with Gasteiger partial charge in [-0.1, -0.05) is 254 Å². The number of hydrogen-bond acceptors (Lipinski definition) is 6. The molecule has 0 aliphatic heterocycles. The van der Waals surface area contributed by atoms with Gasteiger partial charge in [0.2, 0.25) is 5.91 Å². The molecule has 0 aromatic rings. The van der Waals surface area contributed by atoms with Gasteiger partial charge in [-0.2, -0.15) is 0 Å². The fourth-order valence-corrected chi connectivity index (χ4v) is 9.41. The van der Waals surface area contributed by atoms with Crippen molar-refractivity contribution in [3.63, 3.8) is 0 Å². The molecule has 0 fully saturated rings. The lowest BCUT2D eigenvalue weighted by molar-refractivity contribution is -0.870. The van der Waals surface area contributed by atoms with E-state index in [1.165, 1.54) is 205 Å². The lowest BCUT2D eigenvalue weighted by atomic mass is 10.0.